The van der Waals surface area contributed by atoms with Crippen LogP contribution in [0.3, 0.4) is 0 Å². The summed E-state index contributed by atoms with van der Waals surface area (Å²) >= 11 is 0. The van der Waals surface area contributed by atoms with Crippen LogP contribution in [0, 0.1) is 0 Å². The van der Waals surface area contributed by atoms with Gasteiger partial charge in [0, 0.05) is 5.39 Å². The molecule has 0 atom stereocenters. The third kappa shape index (κ3) is 2.56. The smallest absolute Gasteiger partial charge is 0.872 e. The third-order valence-corrected chi connectivity index (χ3v) is 2.97. The zero-order chi connectivity index (χ0) is 11.1. The van der Waals surface area contributed by atoms with Crippen molar-refractivity contribution in [3.63, 3.8) is 0 Å². The molecule has 0 heterocycles. The Labute approximate surface area is 115 Å². The van der Waals surface area contributed by atoms with Crippen LogP contribution in [-0.2, 0) is 10.1 Å². The van der Waals surface area contributed by atoms with Gasteiger partial charge in [0.1, 0.15) is 4.90 Å². The monoisotopic (exact) mass is 246 g/mol. The molecule has 6 heteroatoms. The summed E-state index contributed by atoms with van der Waals surface area (Å²) in [6.07, 6.45) is 0. The van der Waals surface area contributed by atoms with Crippen LogP contribution in [0.1, 0.15) is 0 Å². The number of hydrogen-bond donors (Lipinski definition) is 1. The molecule has 0 aliphatic heterocycles. The van der Waals surface area contributed by atoms with Crippen molar-refractivity contribution < 1.29 is 47.6 Å². The van der Waals surface area contributed by atoms with Crippen LogP contribution in [0.2, 0.25) is 0 Å². The first-order valence-corrected chi connectivity index (χ1v) is 5.60. The van der Waals surface area contributed by atoms with Crippen LogP contribution in [0.5, 0.6) is 5.75 Å². The van der Waals surface area contributed by atoms with Gasteiger partial charge in [-0.3, -0.25) is 4.55 Å². The standard InChI is InChI=1S/C10H8O4S.Na/c11-8-5-7-3-1-2-4-9(7)10(6-8)15(12,13)14;/h1-6,11H,(H,12,13,14);/q;+1/p-1. The van der Waals surface area contributed by atoms with E-state index in [9.17, 15) is 13.5 Å². The van der Waals surface area contributed by atoms with Gasteiger partial charge in [-0.25, -0.2) is 0 Å². The van der Waals surface area contributed by atoms with Gasteiger partial charge in [-0.1, -0.05) is 30.3 Å². The van der Waals surface area contributed by atoms with Gasteiger partial charge < -0.3 is 5.11 Å². The second-order valence-corrected chi connectivity index (χ2v) is 4.51. The molecular weight excluding hydrogens is 239 g/mol. The molecule has 0 amide bonds. The predicted octanol–water partition coefficient (Wildman–Crippen LogP) is -1.84. The normalized spacial score (nSPS) is 11.1. The van der Waals surface area contributed by atoms with Gasteiger partial charge in [0.25, 0.3) is 10.1 Å². The maximum atomic E-state index is 11.2. The van der Waals surface area contributed by atoms with Crippen molar-refractivity contribution in [2.45, 2.75) is 4.90 Å². The Hall–Kier alpha value is -0.590. The van der Waals surface area contributed by atoms with Crippen LogP contribution >= 0.6 is 0 Å². The minimum atomic E-state index is -4.35. The van der Waals surface area contributed by atoms with Crippen molar-refractivity contribution in [3.8, 4) is 5.75 Å². The van der Waals surface area contributed by atoms with Gasteiger partial charge in [-0.2, -0.15) is 8.42 Å². The van der Waals surface area contributed by atoms with Gasteiger partial charge in [0.2, 0.25) is 0 Å². The van der Waals surface area contributed by atoms with Crippen molar-refractivity contribution >= 4 is 20.9 Å². The number of rotatable bonds is 1. The minimum absolute atomic E-state index is 0. The topological polar surface area (TPSA) is 77.4 Å². The fourth-order valence-electron chi connectivity index (χ4n) is 1.46. The molecule has 4 nitrogen and oxygen atoms in total. The second kappa shape index (κ2) is 4.73. The van der Waals surface area contributed by atoms with Crippen LogP contribution in [0.15, 0.2) is 41.3 Å². The average Bonchev–Trinajstić information content (AvgIpc) is 2.15. The molecule has 78 valence electrons. The van der Waals surface area contributed by atoms with Crippen LogP contribution in [0.25, 0.3) is 10.8 Å². The van der Waals surface area contributed by atoms with Crippen molar-refractivity contribution in [3.05, 3.63) is 36.4 Å². The quantitative estimate of drug-likeness (QED) is 0.474. The Bertz CT molecular complexity index is 622. The van der Waals surface area contributed by atoms with Crippen LogP contribution < -0.4 is 34.7 Å². The number of hydrogen-bond acceptors (Lipinski definition) is 3. The Balaban J connectivity index is 0.00000128. The maximum Gasteiger partial charge on any atom is 1.00 e. The predicted molar refractivity (Wildman–Crippen MR) is 53.2 cm³/mol. The molecule has 0 spiro atoms. The van der Waals surface area contributed by atoms with Crippen molar-refractivity contribution in [2.75, 3.05) is 0 Å². The summed E-state index contributed by atoms with van der Waals surface area (Å²) in [6, 6.07) is 8.72. The average molecular weight is 246 g/mol. The third-order valence-electron chi connectivity index (χ3n) is 2.08. The minimum Gasteiger partial charge on any atom is -0.872 e. The molecule has 0 aliphatic carbocycles. The van der Waals surface area contributed by atoms with Gasteiger partial charge in [-0.15, -0.1) is 5.75 Å². The molecule has 0 saturated carbocycles. The molecule has 2 aromatic rings. The van der Waals surface area contributed by atoms with Gasteiger partial charge in [0.05, 0.1) is 0 Å². The molecule has 0 bridgehead atoms. The Kier molecular flexibility index (Phi) is 3.98. The second-order valence-electron chi connectivity index (χ2n) is 3.12. The summed E-state index contributed by atoms with van der Waals surface area (Å²) in [7, 11) is -4.35. The molecule has 0 unspecified atom stereocenters. The van der Waals surface area contributed by atoms with E-state index in [2.05, 4.69) is 0 Å². The fraction of sp³-hybridized carbons (Fsp3) is 0. The van der Waals surface area contributed by atoms with Gasteiger partial charge in [0.15, 0.2) is 0 Å². The summed E-state index contributed by atoms with van der Waals surface area (Å²) in [6.45, 7) is 0. The molecule has 16 heavy (non-hydrogen) atoms. The van der Waals surface area contributed by atoms with E-state index in [4.69, 9.17) is 4.55 Å². The Morgan fingerprint density at radius 1 is 1.12 bits per heavy atom. The van der Waals surface area contributed by atoms with E-state index in [-0.39, 0.29) is 34.5 Å². The molecule has 2 aromatic carbocycles. The van der Waals surface area contributed by atoms with Gasteiger partial charge in [-0.05, 0) is 11.5 Å². The molecular formula is C10H7NaO4S. The zero-order valence-corrected chi connectivity index (χ0v) is 11.4. The molecule has 0 aromatic heterocycles. The summed E-state index contributed by atoms with van der Waals surface area (Å²) in [5, 5.41) is 12.0. The van der Waals surface area contributed by atoms with Crippen molar-refractivity contribution in [2.24, 2.45) is 0 Å². The zero-order valence-electron chi connectivity index (χ0n) is 8.54. The first-order chi connectivity index (χ1) is 6.98. The summed E-state index contributed by atoms with van der Waals surface area (Å²) in [5.74, 6) is -0.443. The van der Waals surface area contributed by atoms with E-state index in [0.29, 0.717) is 10.8 Å². The first-order valence-electron chi connectivity index (χ1n) is 4.16. The fourth-order valence-corrected chi connectivity index (χ4v) is 2.19. The summed E-state index contributed by atoms with van der Waals surface area (Å²) in [4.78, 5) is -0.342. The Morgan fingerprint density at radius 3 is 2.38 bits per heavy atom. The summed E-state index contributed by atoms with van der Waals surface area (Å²) < 4.78 is 31.0. The van der Waals surface area contributed by atoms with Gasteiger partial charge >= 0.3 is 29.6 Å². The molecule has 0 saturated heterocycles. The van der Waals surface area contributed by atoms with E-state index < -0.39 is 15.9 Å². The summed E-state index contributed by atoms with van der Waals surface area (Å²) in [5.41, 5.74) is 0. The molecule has 0 radical (unpaired) electrons. The van der Waals surface area contributed by atoms with E-state index in [1.807, 2.05) is 0 Å². The first kappa shape index (κ1) is 13.5. The van der Waals surface area contributed by atoms with E-state index in [1.165, 1.54) is 12.1 Å². The molecule has 2 rings (SSSR count). The van der Waals surface area contributed by atoms with Crippen LogP contribution in [0.4, 0.5) is 0 Å². The Morgan fingerprint density at radius 2 is 1.75 bits per heavy atom. The largest absolute Gasteiger partial charge is 1.00 e. The van der Waals surface area contributed by atoms with Crippen molar-refractivity contribution in [1.29, 1.82) is 0 Å². The molecule has 1 N–H and O–H groups in total. The number of fused-ring (bicyclic) bond motifs is 1. The van der Waals surface area contributed by atoms with E-state index in [1.54, 1.807) is 18.2 Å². The molecule has 0 fully saturated rings. The van der Waals surface area contributed by atoms with E-state index in [0.717, 1.165) is 6.07 Å². The SMILES string of the molecule is O=S(=O)(O)c1cc([O-])cc2ccccc12.[Na+]. The van der Waals surface area contributed by atoms with E-state index >= 15 is 0 Å². The van der Waals surface area contributed by atoms with Crippen molar-refractivity contribution in [1.82, 2.24) is 0 Å². The maximum absolute atomic E-state index is 11.2. The number of benzene rings is 2. The molecule has 0 aliphatic rings. The van der Waals surface area contributed by atoms with Crippen LogP contribution in [-0.4, -0.2) is 13.0 Å².